The molecule has 0 bridgehead atoms. The third-order valence-corrected chi connectivity index (χ3v) is 5.48. The van der Waals surface area contributed by atoms with Crippen LogP contribution in [0.4, 0.5) is 0 Å². The third kappa shape index (κ3) is 3.05. The van der Waals surface area contributed by atoms with Crippen LogP contribution in [0.2, 0.25) is 0 Å². The minimum Gasteiger partial charge on any atom is -0.435 e. The normalized spacial score (nSPS) is 23.2. The summed E-state index contributed by atoms with van der Waals surface area (Å²) in [6.07, 6.45) is 6.06. The topological polar surface area (TPSA) is 84.4 Å². The molecule has 140 valence electrons. The van der Waals surface area contributed by atoms with Gasteiger partial charge in [0, 0.05) is 49.7 Å². The molecule has 1 N–H and O–H groups in total. The average Bonchev–Trinajstić information content (AvgIpc) is 3.05. The van der Waals surface area contributed by atoms with Crippen molar-refractivity contribution in [1.82, 2.24) is 19.7 Å². The zero-order valence-electron chi connectivity index (χ0n) is 15.6. The Hall–Kier alpha value is -2.15. The first-order chi connectivity index (χ1) is 12.5. The molecular weight excluding hydrogens is 332 g/mol. The Labute approximate surface area is 153 Å². The average molecular weight is 358 g/mol. The maximum absolute atomic E-state index is 13.0. The van der Waals surface area contributed by atoms with Crippen LogP contribution in [0.15, 0.2) is 16.8 Å². The monoisotopic (exact) mass is 358 g/mol. The molecule has 2 atom stereocenters. The molecule has 2 aromatic rings. The van der Waals surface area contributed by atoms with Gasteiger partial charge in [0.05, 0.1) is 11.9 Å². The van der Waals surface area contributed by atoms with Crippen molar-refractivity contribution in [3.05, 3.63) is 35.3 Å². The molecule has 26 heavy (non-hydrogen) atoms. The lowest BCUT2D eigenvalue weighted by molar-refractivity contribution is 0.0747. The van der Waals surface area contributed by atoms with Crippen molar-refractivity contribution in [2.75, 3.05) is 19.7 Å². The minimum atomic E-state index is -0.126. The summed E-state index contributed by atoms with van der Waals surface area (Å²) < 4.78 is 7.69. The number of carbonyl (C=O) groups excluding carboxylic acids is 1. The van der Waals surface area contributed by atoms with Crippen molar-refractivity contribution in [2.24, 2.45) is 5.92 Å². The maximum atomic E-state index is 13.0. The molecule has 0 spiro atoms. The van der Waals surface area contributed by atoms with E-state index in [9.17, 15) is 9.90 Å². The highest BCUT2D eigenvalue weighted by Crippen LogP contribution is 2.40. The minimum absolute atomic E-state index is 0.00916. The number of aryl methyl sites for hydroxylation is 1. The predicted octanol–water partition coefficient (Wildman–Crippen LogP) is 2.49. The van der Waals surface area contributed by atoms with Crippen LogP contribution in [0.1, 0.15) is 72.3 Å². The highest BCUT2D eigenvalue weighted by molar-refractivity contribution is 5.92. The Morgan fingerprint density at radius 1 is 1.38 bits per heavy atom. The Balaban J connectivity index is 1.53. The number of amides is 1. The fraction of sp³-hybridized carbons (Fsp3) is 0.632. The van der Waals surface area contributed by atoms with E-state index in [2.05, 4.69) is 23.9 Å². The largest absolute Gasteiger partial charge is 0.435 e. The van der Waals surface area contributed by atoms with Gasteiger partial charge in [-0.1, -0.05) is 0 Å². The summed E-state index contributed by atoms with van der Waals surface area (Å²) in [6.45, 7) is 7.11. The Morgan fingerprint density at radius 2 is 2.15 bits per heavy atom. The first kappa shape index (κ1) is 17.3. The zero-order chi connectivity index (χ0) is 18.4. The van der Waals surface area contributed by atoms with Gasteiger partial charge < -0.3 is 14.4 Å². The van der Waals surface area contributed by atoms with Crippen molar-refractivity contribution < 1.29 is 14.3 Å². The number of oxazole rings is 1. The van der Waals surface area contributed by atoms with E-state index < -0.39 is 0 Å². The highest BCUT2D eigenvalue weighted by atomic mass is 16.4. The van der Waals surface area contributed by atoms with E-state index in [-0.39, 0.29) is 30.4 Å². The van der Waals surface area contributed by atoms with Gasteiger partial charge in [0.15, 0.2) is 5.89 Å². The van der Waals surface area contributed by atoms with E-state index in [1.54, 1.807) is 4.90 Å². The summed E-state index contributed by atoms with van der Waals surface area (Å²) >= 11 is 0. The van der Waals surface area contributed by atoms with E-state index >= 15 is 0 Å². The lowest BCUT2D eigenvalue weighted by atomic mass is 9.92. The Kier molecular flexibility index (Phi) is 4.34. The molecule has 4 rings (SSSR count). The molecule has 3 heterocycles. The van der Waals surface area contributed by atoms with Gasteiger partial charge in [-0.25, -0.2) is 4.98 Å². The van der Waals surface area contributed by atoms with Crippen LogP contribution in [-0.2, 0) is 0 Å². The highest BCUT2D eigenvalue weighted by Gasteiger charge is 2.39. The number of aliphatic hydroxyl groups excluding tert-OH is 1. The van der Waals surface area contributed by atoms with Crippen LogP contribution >= 0.6 is 0 Å². The summed E-state index contributed by atoms with van der Waals surface area (Å²) in [6, 6.07) is 0.285. The Morgan fingerprint density at radius 3 is 2.77 bits per heavy atom. The number of aromatic nitrogens is 3. The fourth-order valence-corrected chi connectivity index (χ4v) is 3.69. The molecule has 2 aromatic heterocycles. The number of nitrogens with zero attached hydrogens (tertiary/aromatic N) is 4. The van der Waals surface area contributed by atoms with Crippen molar-refractivity contribution in [3.63, 3.8) is 0 Å². The summed E-state index contributed by atoms with van der Waals surface area (Å²) in [5, 5.41) is 14.2. The van der Waals surface area contributed by atoms with E-state index in [1.807, 2.05) is 24.0 Å². The van der Waals surface area contributed by atoms with Crippen LogP contribution in [0, 0.1) is 12.8 Å². The van der Waals surface area contributed by atoms with Crippen LogP contribution in [0.25, 0.3) is 0 Å². The SMILES string of the molecule is Cc1nc(C2CC2)oc1C(=O)N1C[C@@H](CO)[C@H](c2cnn(C(C)C)c2)C1. The van der Waals surface area contributed by atoms with Crippen LogP contribution in [-0.4, -0.2) is 50.4 Å². The number of aliphatic hydroxyl groups is 1. The van der Waals surface area contributed by atoms with Gasteiger partial charge in [-0.15, -0.1) is 0 Å². The van der Waals surface area contributed by atoms with Gasteiger partial charge in [0.2, 0.25) is 5.76 Å². The molecule has 0 unspecified atom stereocenters. The number of hydrogen-bond donors (Lipinski definition) is 1. The molecule has 1 aliphatic heterocycles. The molecule has 2 aliphatic rings. The van der Waals surface area contributed by atoms with Crippen LogP contribution in [0.5, 0.6) is 0 Å². The van der Waals surface area contributed by atoms with Crippen molar-refractivity contribution >= 4 is 5.91 Å². The van der Waals surface area contributed by atoms with Crippen molar-refractivity contribution in [2.45, 2.75) is 51.5 Å². The van der Waals surface area contributed by atoms with Gasteiger partial charge in [0.25, 0.3) is 5.91 Å². The number of likely N-dealkylation sites (tertiary alicyclic amines) is 1. The van der Waals surface area contributed by atoms with Gasteiger partial charge in [-0.3, -0.25) is 9.48 Å². The van der Waals surface area contributed by atoms with Gasteiger partial charge >= 0.3 is 0 Å². The molecule has 7 heteroatoms. The molecule has 1 saturated heterocycles. The Bertz CT molecular complexity index is 806. The molecular formula is C19H26N4O3. The van der Waals surface area contributed by atoms with Gasteiger partial charge in [-0.05, 0) is 39.2 Å². The van der Waals surface area contributed by atoms with Crippen molar-refractivity contribution in [3.8, 4) is 0 Å². The molecule has 1 amide bonds. The van der Waals surface area contributed by atoms with E-state index in [0.717, 1.165) is 18.4 Å². The second kappa shape index (κ2) is 6.54. The molecule has 1 saturated carbocycles. The lowest BCUT2D eigenvalue weighted by Crippen LogP contribution is -2.29. The fourth-order valence-electron chi connectivity index (χ4n) is 3.69. The van der Waals surface area contributed by atoms with Crippen molar-refractivity contribution in [1.29, 1.82) is 0 Å². The van der Waals surface area contributed by atoms with E-state index in [4.69, 9.17) is 4.42 Å². The molecule has 7 nitrogen and oxygen atoms in total. The number of hydrogen-bond acceptors (Lipinski definition) is 5. The van der Waals surface area contributed by atoms with Gasteiger partial charge in [0.1, 0.15) is 0 Å². The standard InChI is InChI=1S/C19H26N4O3/c1-11(2)23-8-14(6-20-23)16-9-22(7-15(16)10-24)19(25)17-12(3)21-18(26-17)13-4-5-13/h6,8,11,13,15-16,24H,4-5,7,9-10H2,1-3H3/t15-,16-/m0/s1. The number of rotatable bonds is 5. The summed E-state index contributed by atoms with van der Waals surface area (Å²) in [7, 11) is 0. The molecule has 0 aromatic carbocycles. The summed E-state index contributed by atoms with van der Waals surface area (Å²) in [5.74, 6) is 1.39. The maximum Gasteiger partial charge on any atom is 0.291 e. The first-order valence-electron chi connectivity index (χ1n) is 9.39. The second-order valence-electron chi connectivity index (χ2n) is 7.85. The smallest absolute Gasteiger partial charge is 0.291 e. The lowest BCUT2D eigenvalue weighted by Gasteiger charge is -2.14. The third-order valence-electron chi connectivity index (χ3n) is 5.48. The molecule has 0 radical (unpaired) electrons. The predicted molar refractivity (Wildman–Crippen MR) is 95.0 cm³/mol. The summed E-state index contributed by atoms with van der Waals surface area (Å²) in [5.41, 5.74) is 1.73. The second-order valence-corrected chi connectivity index (χ2v) is 7.85. The van der Waals surface area contributed by atoms with Gasteiger partial charge in [-0.2, -0.15) is 5.10 Å². The molecule has 2 fully saturated rings. The zero-order valence-corrected chi connectivity index (χ0v) is 15.6. The van der Waals surface area contributed by atoms with Crippen LogP contribution < -0.4 is 0 Å². The first-order valence-corrected chi connectivity index (χ1v) is 9.39. The van der Waals surface area contributed by atoms with Crippen LogP contribution in [0.3, 0.4) is 0 Å². The quantitative estimate of drug-likeness (QED) is 0.888. The summed E-state index contributed by atoms with van der Waals surface area (Å²) in [4.78, 5) is 19.2. The number of carbonyl (C=O) groups is 1. The van der Waals surface area contributed by atoms with E-state index in [0.29, 0.717) is 36.4 Å². The molecule has 1 aliphatic carbocycles. The van der Waals surface area contributed by atoms with E-state index in [1.165, 1.54) is 0 Å².